The fourth-order valence-corrected chi connectivity index (χ4v) is 0.824. The molecule has 0 amide bonds. The van der Waals surface area contributed by atoms with Crippen molar-refractivity contribution in [2.45, 2.75) is 0 Å². The van der Waals surface area contributed by atoms with Crippen LogP contribution in [-0.4, -0.2) is 24.8 Å². The van der Waals surface area contributed by atoms with Crippen molar-refractivity contribution in [3.8, 4) is 12.0 Å². The van der Waals surface area contributed by atoms with Crippen molar-refractivity contribution >= 4 is 5.78 Å². The number of hydrogen-bond acceptors (Lipinski definition) is 2. The molecular weight excluding hydrogens is 162 g/mol. The lowest BCUT2D eigenvalue weighted by Gasteiger charge is -1.97. The third-order valence-electron chi connectivity index (χ3n) is 1.43. The van der Waals surface area contributed by atoms with Gasteiger partial charge >= 0.3 is 0 Å². The minimum absolute atomic E-state index is 0.144. The van der Waals surface area contributed by atoms with Gasteiger partial charge in [-0.3, -0.25) is 4.79 Å². The van der Waals surface area contributed by atoms with Crippen molar-refractivity contribution in [2.24, 2.45) is 0 Å². The first-order chi connectivity index (χ1) is 6.20. The summed E-state index contributed by atoms with van der Waals surface area (Å²) in [6, 6.07) is 11.7. The van der Waals surface area contributed by atoms with Crippen molar-refractivity contribution in [1.29, 1.82) is 0 Å². The molecule has 2 heteroatoms. The Hall–Kier alpha value is -1.75. The summed E-state index contributed by atoms with van der Waals surface area (Å²) in [4.78, 5) is 13.0. The number of rotatable bonds is 1. The number of nitrogens with zero attached hydrogens (tertiary/aromatic N) is 1. The van der Waals surface area contributed by atoms with Crippen LogP contribution in [0.2, 0.25) is 0 Å². The van der Waals surface area contributed by atoms with Gasteiger partial charge in [0, 0.05) is 25.7 Å². The van der Waals surface area contributed by atoms with Gasteiger partial charge in [-0.05, 0) is 5.92 Å². The molecule has 1 aromatic carbocycles. The summed E-state index contributed by atoms with van der Waals surface area (Å²) in [7, 11) is 3.59. The van der Waals surface area contributed by atoms with Gasteiger partial charge in [0.15, 0.2) is 0 Å². The summed E-state index contributed by atoms with van der Waals surface area (Å²) in [6.07, 6.45) is 0. The van der Waals surface area contributed by atoms with E-state index in [-0.39, 0.29) is 5.78 Å². The van der Waals surface area contributed by atoms with Crippen LogP contribution in [0.4, 0.5) is 0 Å². The summed E-state index contributed by atoms with van der Waals surface area (Å²) in [5.41, 5.74) is 0.636. The smallest absolute Gasteiger partial charge is 0.237 e. The molecule has 0 atom stereocenters. The molecule has 0 saturated heterocycles. The minimum Gasteiger partial charge on any atom is -0.338 e. The van der Waals surface area contributed by atoms with Gasteiger partial charge in [0.05, 0.1) is 0 Å². The zero-order valence-corrected chi connectivity index (χ0v) is 7.74. The molecule has 2 nitrogen and oxygen atoms in total. The Morgan fingerprint density at radius 2 is 1.85 bits per heavy atom. The van der Waals surface area contributed by atoms with Gasteiger partial charge < -0.3 is 4.90 Å². The van der Waals surface area contributed by atoms with Crippen LogP contribution in [0.1, 0.15) is 10.4 Å². The highest BCUT2D eigenvalue weighted by molar-refractivity contribution is 6.08. The zero-order chi connectivity index (χ0) is 9.68. The molecule has 0 bridgehead atoms. The fraction of sp³-hybridized carbons (Fsp3) is 0.182. The van der Waals surface area contributed by atoms with Crippen molar-refractivity contribution in [1.82, 2.24) is 4.90 Å². The second-order valence-electron chi connectivity index (χ2n) is 2.83. The SMILES string of the molecule is CN(C)C#CC(=O)c1ccccc1. The Morgan fingerprint density at radius 3 is 2.38 bits per heavy atom. The molecule has 0 heterocycles. The van der Waals surface area contributed by atoms with Crippen molar-refractivity contribution < 1.29 is 4.79 Å². The van der Waals surface area contributed by atoms with E-state index in [0.29, 0.717) is 5.56 Å². The van der Waals surface area contributed by atoms with E-state index in [4.69, 9.17) is 0 Å². The van der Waals surface area contributed by atoms with Crippen LogP contribution < -0.4 is 0 Å². The highest BCUT2D eigenvalue weighted by Gasteiger charge is 1.98. The van der Waals surface area contributed by atoms with Gasteiger partial charge in [-0.15, -0.1) is 0 Å². The monoisotopic (exact) mass is 173 g/mol. The number of Topliss-reactive ketones (excluding diaryl/α,β-unsaturated/α-hetero) is 1. The van der Waals surface area contributed by atoms with Crippen LogP contribution in [0.25, 0.3) is 0 Å². The predicted octanol–water partition coefficient (Wildman–Crippen LogP) is 1.39. The largest absolute Gasteiger partial charge is 0.338 e. The molecule has 0 aromatic heterocycles. The molecule has 0 spiro atoms. The van der Waals surface area contributed by atoms with E-state index >= 15 is 0 Å². The van der Waals surface area contributed by atoms with E-state index in [1.54, 1.807) is 31.1 Å². The van der Waals surface area contributed by atoms with Crippen molar-refractivity contribution in [3.63, 3.8) is 0 Å². The van der Waals surface area contributed by atoms with E-state index in [1.165, 1.54) is 0 Å². The Labute approximate surface area is 78.2 Å². The maximum atomic E-state index is 11.3. The second kappa shape index (κ2) is 4.32. The normalized spacial score (nSPS) is 8.46. The van der Waals surface area contributed by atoms with E-state index in [9.17, 15) is 4.79 Å². The average molecular weight is 173 g/mol. The number of ketones is 1. The molecule has 0 radical (unpaired) electrons. The zero-order valence-electron chi connectivity index (χ0n) is 7.74. The van der Waals surface area contributed by atoms with Gasteiger partial charge in [-0.2, -0.15) is 0 Å². The number of benzene rings is 1. The molecule has 0 fully saturated rings. The highest BCUT2D eigenvalue weighted by atomic mass is 16.1. The lowest BCUT2D eigenvalue weighted by Crippen LogP contribution is -2.03. The topological polar surface area (TPSA) is 20.3 Å². The van der Waals surface area contributed by atoms with Crippen LogP contribution in [0, 0.1) is 12.0 Å². The van der Waals surface area contributed by atoms with E-state index in [0.717, 1.165) is 0 Å². The van der Waals surface area contributed by atoms with Gasteiger partial charge in [-0.25, -0.2) is 0 Å². The van der Waals surface area contributed by atoms with Crippen LogP contribution >= 0.6 is 0 Å². The molecule has 0 saturated carbocycles. The summed E-state index contributed by atoms with van der Waals surface area (Å²) < 4.78 is 0. The second-order valence-corrected chi connectivity index (χ2v) is 2.83. The third kappa shape index (κ3) is 3.00. The summed E-state index contributed by atoms with van der Waals surface area (Å²) >= 11 is 0. The Bertz CT molecular complexity index is 343. The molecule has 0 N–H and O–H groups in total. The standard InChI is InChI=1S/C11H11NO/c1-12(2)9-8-11(13)10-6-4-3-5-7-10/h3-7H,1-2H3. The maximum Gasteiger partial charge on any atom is 0.237 e. The van der Waals surface area contributed by atoms with E-state index in [1.807, 2.05) is 18.2 Å². The van der Waals surface area contributed by atoms with Gasteiger partial charge in [0.25, 0.3) is 0 Å². The minimum atomic E-state index is -0.144. The lowest BCUT2D eigenvalue weighted by molar-refractivity contribution is 0.105. The predicted molar refractivity (Wildman–Crippen MR) is 52.2 cm³/mol. The molecule has 1 aromatic rings. The summed E-state index contributed by atoms with van der Waals surface area (Å²) in [6.45, 7) is 0. The fourth-order valence-electron chi connectivity index (χ4n) is 0.824. The number of carbonyl (C=O) groups excluding carboxylic acids is 1. The first-order valence-corrected chi connectivity index (χ1v) is 3.98. The average Bonchev–Trinajstić information content (AvgIpc) is 2.15. The molecule has 0 aliphatic carbocycles. The Balaban J connectivity index is 2.78. The number of carbonyl (C=O) groups is 1. The molecule has 0 unspecified atom stereocenters. The first kappa shape index (κ1) is 9.34. The van der Waals surface area contributed by atoms with Gasteiger partial charge in [-0.1, -0.05) is 30.3 Å². The van der Waals surface area contributed by atoms with Crippen molar-refractivity contribution in [2.75, 3.05) is 14.1 Å². The van der Waals surface area contributed by atoms with E-state index < -0.39 is 0 Å². The Morgan fingerprint density at radius 1 is 1.23 bits per heavy atom. The molecule has 1 rings (SSSR count). The maximum absolute atomic E-state index is 11.3. The molecule has 13 heavy (non-hydrogen) atoms. The highest BCUT2D eigenvalue weighted by Crippen LogP contribution is 1.98. The Kier molecular flexibility index (Phi) is 3.10. The van der Waals surface area contributed by atoms with E-state index in [2.05, 4.69) is 12.0 Å². The van der Waals surface area contributed by atoms with Crippen LogP contribution in [0.5, 0.6) is 0 Å². The first-order valence-electron chi connectivity index (χ1n) is 3.98. The van der Waals surface area contributed by atoms with Gasteiger partial charge in [0.1, 0.15) is 0 Å². The molecule has 0 aliphatic heterocycles. The lowest BCUT2D eigenvalue weighted by atomic mass is 10.1. The number of hydrogen-bond donors (Lipinski definition) is 0. The van der Waals surface area contributed by atoms with Crippen LogP contribution in [0.15, 0.2) is 30.3 Å². The molecular formula is C11H11NO. The van der Waals surface area contributed by atoms with Crippen molar-refractivity contribution in [3.05, 3.63) is 35.9 Å². The summed E-state index contributed by atoms with van der Waals surface area (Å²) in [5.74, 6) is 2.39. The third-order valence-corrected chi connectivity index (χ3v) is 1.43. The van der Waals surface area contributed by atoms with Gasteiger partial charge in [0.2, 0.25) is 5.78 Å². The quantitative estimate of drug-likeness (QED) is 0.363. The van der Waals surface area contributed by atoms with Crippen LogP contribution in [0.3, 0.4) is 0 Å². The summed E-state index contributed by atoms with van der Waals surface area (Å²) in [5, 5.41) is 0. The molecule has 0 aliphatic rings. The molecule has 66 valence electrons. The van der Waals surface area contributed by atoms with Crippen LogP contribution in [-0.2, 0) is 0 Å².